The zero-order valence-corrected chi connectivity index (χ0v) is 13.5. The summed E-state index contributed by atoms with van der Waals surface area (Å²) < 4.78 is 65.5. The number of alkyl halides is 5. The van der Waals surface area contributed by atoms with Crippen LogP contribution < -0.4 is 5.32 Å². The molecule has 1 saturated carbocycles. The molecule has 1 aliphatic rings. The number of halogens is 6. The van der Waals surface area contributed by atoms with Crippen LogP contribution in [0.4, 0.5) is 33.6 Å². The smallest absolute Gasteiger partial charge is 0.320 e. The number of nitrogens with one attached hydrogen (secondary N) is 1. The number of aromatic nitrogens is 4. The Morgan fingerprint density at radius 2 is 1.96 bits per heavy atom. The molecule has 0 atom stereocenters. The number of nitrogens with zero attached hydrogens (tertiary/aromatic N) is 4. The zero-order chi connectivity index (χ0) is 18.2. The van der Waals surface area contributed by atoms with E-state index in [1.165, 1.54) is 6.20 Å². The van der Waals surface area contributed by atoms with E-state index in [2.05, 4.69) is 20.4 Å². The fourth-order valence-corrected chi connectivity index (χ4v) is 2.47. The first-order valence-corrected chi connectivity index (χ1v) is 7.79. The lowest BCUT2D eigenvalue weighted by molar-refractivity contribution is -0.138. The Labute approximate surface area is 144 Å². The first-order valence-electron chi connectivity index (χ1n) is 7.41. The molecule has 3 rings (SSSR count). The molecule has 2 aromatic heterocycles. The van der Waals surface area contributed by atoms with Gasteiger partial charge in [-0.25, -0.2) is 18.7 Å². The van der Waals surface area contributed by atoms with Gasteiger partial charge in [-0.3, -0.25) is 4.68 Å². The monoisotopic (exact) mass is 381 g/mol. The number of hydrogen-bond acceptors (Lipinski definition) is 4. The van der Waals surface area contributed by atoms with Crippen molar-refractivity contribution in [2.75, 3.05) is 18.7 Å². The van der Waals surface area contributed by atoms with Gasteiger partial charge in [0.05, 0.1) is 23.1 Å². The van der Waals surface area contributed by atoms with Crippen LogP contribution in [0.15, 0.2) is 12.4 Å². The molecular formula is C14H13ClF5N5. The normalized spacial score (nSPS) is 15.0. The van der Waals surface area contributed by atoms with Crippen LogP contribution in [0.2, 0.25) is 5.15 Å². The van der Waals surface area contributed by atoms with Crippen molar-refractivity contribution >= 4 is 23.2 Å². The van der Waals surface area contributed by atoms with Crippen molar-refractivity contribution in [1.82, 2.24) is 19.7 Å². The molecular weight excluding hydrogens is 369 g/mol. The highest BCUT2D eigenvalue weighted by Crippen LogP contribution is 2.45. The highest BCUT2D eigenvalue weighted by Gasteiger charge is 2.40. The standard InChI is InChI=1S/C14H13ClF5N5/c15-12-10(6-25(24-12)8(3-16)4-17)22-13-21-5-9(14(18,19)20)11(23-13)7-1-2-7/h5-8H,1-4H2,(H,21,22,23). The second kappa shape index (κ2) is 6.74. The lowest BCUT2D eigenvalue weighted by Crippen LogP contribution is -2.13. The van der Waals surface area contributed by atoms with E-state index in [0.29, 0.717) is 19.0 Å². The van der Waals surface area contributed by atoms with Crippen LogP contribution in [0.3, 0.4) is 0 Å². The molecule has 0 amide bonds. The maximum atomic E-state index is 13.0. The van der Waals surface area contributed by atoms with Crippen LogP contribution >= 0.6 is 11.6 Å². The average Bonchev–Trinajstić information content (AvgIpc) is 3.33. The Morgan fingerprint density at radius 3 is 2.52 bits per heavy atom. The quantitative estimate of drug-likeness (QED) is 0.751. The Kier molecular flexibility index (Phi) is 4.81. The summed E-state index contributed by atoms with van der Waals surface area (Å²) in [7, 11) is 0. The van der Waals surface area contributed by atoms with Gasteiger partial charge in [-0.1, -0.05) is 11.6 Å². The van der Waals surface area contributed by atoms with E-state index in [4.69, 9.17) is 11.6 Å². The lowest BCUT2D eigenvalue weighted by atomic mass is 10.1. The Balaban J connectivity index is 1.87. The van der Waals surface area contributed by atoms with Crippen LogP contribution in [-0.2, 0) is 6.18 Å². The molecule has 2 heterocycles. The van der Waals surface area contributed by atoms with Gasteiger partial charge in [-0.05, 0) is 12.8 Å². The molecule has 5 nitrogen and oxygen atoms in total. The molecule has 1 aliphatic carbocycles. The molecule has 11 heteroatoms. The molecule has 0 aliphatic heterocycles. The fraction of sp³-hybridized carbons (Fsp3) is 0.500. The van der Waals surface area contributed by atoms with Gasteiger partial charge < -0.3 is 5.32 Å². The van der Waals surface area contributed by atoms with Crippen LogP contribution in [0.25, 0.3) is 0 Å². The molecule has 1 fully saturated rings. The Morgan fingerprint density at radius 1 is 1.28 bits per heavy atom. The number of hydrogen-bond donors (Lipinski definition) is 1. The van der Waals surface area contributed by atoms with Gasteiger partial charge in [0.25, 0.3) is 0 Å². The van der Waals surface area contributed by atoms with Gasteiger partial charge in [-0.15, -0.1) is 0 Å². The van der Waals surface area contributed by atoms with Gasteiger partial charge in [0.15, 0.2) is 5.15 Å². The molecule has 0 saturated heterocycles. The van der Waals surface area contributed by atoms with E-state index < -0.39 is 31.1 Å². The molecule has 0 bridgehead atoms. The van der Waals surface area contributed by atoms with Crippen molar-refractivity contribution in [3.63, 3.8) is 0 Å². The van der Waals surface area contributed by atoms with Crippen molar-refractivity contribution < 1.29 is 22.0 Å². The summed E-state index contributed by atoms with van der Waals surface area (Å²) in [6.45, 7) is -1.95. The Bertz CT molecular complexity index is 755. The SMILES string of the molecule is FCC(CF)n1cc(Nc2ncc(C(F)(F)F)c(C3CC3)n2)c(Cl)n1. The fourth-order valence-electron chi connectivity index (χ4n) is 2.29. The van der Waals surface area contributed by atoms with E-state index in [-0.39, 0.29) is 28.4 Å². The molecule has 0 spiro atoms. The third kappa shape index (κ3) is 3.83. The molecule has 0 radical (unpaired) electrons. The largest absolute Gasteiger partial charge is 0.419 e. The van der Waals surface area contributed by atoms with Gasteiger partial charge in [-0.2, -0.15) is 18.3 Å². The summed E-state index contributed by atoms with van der Waals surface area (Å²) in [6, 6.07) is -1.12. The van der Waals surface area contributed by atoms with Crippen molar-refractivity contribution in [1.29, 1.82) is 0 Å². The maximum Gasteiger partial charge on any atom is 0.419 e. The molecule has 2 aromatic rings. The summed E-state index contributed by atoms with van der Waals surface area (Å²) in [4.78, 5) is 7.61. The summed E-state index contributed by atoms with van der Waals surface area (Å²) in [6.07, 6.45) is -1.30. The lowest BCUT2D eigenvalue weighted by Gasteiger charge is -2.12. The molecule has 25 heavy (non-hydrogen) atoms. The molecule has 1 N–H and O–H groups in total. The van der Waals surface area contributed by atoms with Crippen molar-refractivity contribution in [2.24, 2.45) is 0 Å². The minimum Gasteiger partial charge on any atom is -0.320 e. The topological polar surface area (TPSA) is 55.6 Å². The summed E-state index contributed by atoms with van der Waals surface area (Å²) >= 11 is 5.90. The summed E-state index contributed by atoms with van der Waals surface area (Å²) in [5, 5.41) is 6.33. The van der Waals surface area contributed by atoms with Gasteiger partial charge >= 0.3 is 6.18 Å². The maximum absolute atomic E-state index is 13.0. The van der Waals surface area contributed by atoms with Gasteiger partial charge in [0.1, 0.15) is 19.4 Å². The van der Waals surface area contributed by atoms with Crippen LogP contribution in [-0.4, -0.2) is 33.1 Å². The molecule has 0 unspecified atom stereocenters. The highest BCUT2D eigenvalue weighted by atomic mass is 35.5. The van der Waals surface area contributed by atoms with E-state index >= 15 is 0 Å². The molecule has 0 aromatic carbocycles. The van der Waals surface area contributed by atoms with Crippen molar-refractivity contribution in [3.05, 3.63) is 28.8 Å². The third-order valence-electron chi connectivity index (χ3n) is 3.75. The first kappa shape index (κ1) is 17.8. The number of anilines is 2. The van der Waals surface area contributed by atoms with E-state index in [9.17, 15) is 22.0 Å². The second-order valence-corrected chi connectivity index (χ2v) is 6.02. The number of rotatable bonds is 6. The minimum absolute atomic E-state index is 0.0705. The second-order valence-electron chi connectivity index (χ2n) is 5.67. The highest BCUT2D eigenvalue weighted by molar-refractivity contribution is 6.32. The first-order chi connectivity index (χ1) is 11.8. The minimum atomic E-state index is -4.53. The third-order valence-corrected chi connectivity index (χ3v) is 4.03. The average molecular weight is 382 g/mol. The van der Waals surface area contributed by atoms with E-state index in [0.717, 1.165) is 4.68 Å². The van der Waals surface area contributed by atoms with E-state index in [1.807, 2.05) is 0 Å². The van der Waals surface area contributed by atoms with Gasteiger partial charge in [0, 0.05) is 12.1 Å². The van der Waals surface area contributed by atoms with Crippen molar-refractivity contribution in [3.8, 4) is 0 Å². The summed E-state index contributed by atoms with van der Waals surface area (Å²) in [5.41, 5.74) is -0.786. The predicted molar refractivity (Wildman–Crippen MR) is 80.5 cm³/mol. The van der Waals surface area contributed by atoms with Crippen molar-refractivity contribution in [2.45, 2.75) is 31.0 Å². The predicted octanol–water partition coefficient (Wildman–Crippen LogP) is 4.45. The van der Waals surface area contributed by atoms with Crippen LogP contribution in [0, 0.1) is 0 Å². The summed E-state index contributed by atoms with van der Waals surface area (Å²) in [5.74, 6) is -0.339. The van der Waals surface area contributed by atoms with Crippen LogP contribution in [0.1, 0.15) is 36.1 Å². The van der Waals surface area contributed by atoms with Crippen LogP contribution in [0.5, 0.6) is 0 Å². The Hall–Kier alpha value is -1.97. The van der Waals surface area contributed by atoms with E-state index in [1.54, 1.807) is 0 Å². The zero-order valence-electron chi connectivity index (χ0n) is 12.7. The molecule has 136 valence electrons. The van der Waals surface area contributed by atoms with Gasteiger partial charge in [0.2, 0.25) is 5.95 Å².